The average Bonchev–Trinajstić information content (AvgIpc) is 2.98. The standard InChI is InChI=1S/C31H32F6N4O/c1-39(27-12-17-38-18-13-27)26-9-4-24(5-10-26)22-41(28-14-19-40(20-15-28)21-16-30(32,33)34)29(42)11-6-23-2-7-25(8-3-23)31(35,36)37/h2-13,17-18,28H,14-16,19-22H2,1H3/b11-6+. The lowest BCUT2D eigenvalue weighted by atomic mass is 10.0. The zero-order chi connectivity index (χ0) is 30.3. The summed E-state index contributed by atoms with van der Waals surface area (Å²) in [6, 6.07) is 15.8. The number of pyridine rings is 1. The molecule has 0 N–H and O–H groups in total. The van der Waals surface area contributed by atoms with Crippen LogP contribution in [0, 0.1) is 0 Å². The molecule has 1 fully saturated rings. The van der Waals surface area contributed by atoms with Gasteiger partial charge in [-0.3, -0.25) is 9.78 Å². The smallest absolute Gasteiger partial charge is 0.345 e. The molecule has 11 heteroatoms. The highest BCUT2D eigenvalue weighted by molar-refractivity contribution is 5.92. The Bertz CT molecular complexity index is 1320. The topological polar surface area (TPSA) is 39.7 Å². The largest absolute Gasteiger partial charge is 0.416 e. The molecule has 3 aromatic rings. The Kier molecular flexibility index (Phi) is 9.93. The highest BCUT2D eigenvalue weighted by atomic mass is 19.4. The summed E-state index contributed by atoms with van der Waals surface area (Å²) >= 11 is 0. The van der Waals surface area contributed by atoms with Crippen molar-refractivity contribution in [3.63, 3.8) is 0 Å². The summed E-state index contributed by atoms with van der Waals surface area (Å²) in [5, 5.41) is 0. The van der Waals surface area contributed by atoms with E-state index in [0.717, 1.165) is 29.1 Å². The quantitative estimate of drug-likeness (QED) is 0.193. The van der Waals surface area contributed by atoms with E-state index in [0.29, 0.717) is 31.5 Å². The van der Waals surface area contributed by atoms with E-state index in [4.69, 9.17) is 0 Å². The summed E-state index contributed by atoms with van der Waals surface area (Å²) in [7, 11) is 1.93. The van der Waals surface area contributed by atoms with E-state index in [1.807, 2.05) is 48.3 Å². The van der Waals surface area contributed by atoms with Crippen LogP contribution in [0.1, 0.15) is 36.0 Å². The number of carbonyl (C=O) groups excluding carboxylic acids is 1. The molecule has 1 aliphatic heterocycles. The molecule has 0 bridgehead atoms. The van der Waals surface area contributed by atoms with Crippen molar-refractivity contribution < 1.29 is 31.1 Å². The van der Waals surface area contributed by atoms with Crippen LogP contribution in [-0.4, -0.2) is 59.6 Å². The summed E-state index contributed by atoms with van der Waals surface area (Å²) in [5.41, 5.74) is 2.44. The van der Waals surface area contributed by atoms with Gasteiger partial charge in [-0.25, -0.2) is 0 Å². The molecule has 1 aliphatic rings. The van der Waals surface area contributed by atoms with Crippen molar-refractivity contribution in [2.75, 3.05) is 31.6 Å². The van der Waals surface area contributed by atoms with Crippen molar-refractivity contribution in [3.8, 4) is 0 Å². The number of alkyl halides is 6. The van der Waals surface area contributed by atoms with Gasteiger partial charge in [-0.15, -0.1) is 0 Å². The van der Waals surface area contributed by atoms with E-state index >= 15 is 0 Å². The molecule has 224 valence electrons. The van der Waals surface area contributed by atoms with Gasteiger partial charge < -0.3 is 14.7 Å². The molecule has 2 heterocycles. The van der Waals surface area contributed by atoms with Gasteiger partial charge in [-0.2, -0.15) is 26.3 Å². The highest BCUT2D eigenvalue weighted by Gasteiger charge is 2.32. The summed E-state index contributed by atoms with van der Waals surface area (Å²) in [5.74, 6) is -0.318. The lowest BCUT2D eigenvalue weighted by Gasteiger charge is -2.38. The molecule has 2 aromatic carbocycles. The predicted octanol–water partition coefficient (Wildman–Crippen LogP) is 7.33. The van der Waals surface area contributed by atoms with E-state index in [1.54, 1.807) is 22.2 Å². The van der Waals surface area contributed by atoms with Gasteiger partial charge in [0.15, 0.2) is 0 Å². The van der Waals surface area contributed by atoms with Gasteiger partial charge in [0.05, 0.1) is 12.0 Å². The minimum Gasteiger partial charge on any atom is -0.345 e. The summed E-state index contributed by atoms with van der Waals surface area (Å²) in [4.78, 5) is 22.9. The number of piperidine rings is 1. The third-order valence-electron chi connectivity index (χ3n) is 7.38. The molecule has 5 nitrogen and oxygen atoms in total. The maximum absolute atomic E-state index is 13.4. The SMILES string of the molecule is CN(c1ccncc1)c1ccc(CN(C(=O)/C=C/c2ccc(C(F)(F)F)cc2)C2CCN(CCC(F)(F)F)CC2)cc1. The highest BCUT2D eigenvalue weighted by Crippen LogP contribution is 2.30. The molecule has 0 saturated carbocycles. The molecule has 1 amide bonds. The van der Waals surface area contributed by atoms with Crippen LogP contribution >= 0.6 is 0 Å². The molecule has 4 rings (SSSR count). The molecule has 0 atom stereocenters. The van der Waals surface area contributed by atoms with E-state index in [1.165, 1.54) is 24.3 Å². The monoisotopic (exact) mass is 590 g/mol. The van der Waals surface area contributed by atoms with Crippen LogP contribution in [-0.2, 0) is 17.5 Å². The second-order valence-electron chi connectivity index (χ2n) is 10.3. The van der Waals surface area contributed by atoms with Crippen LogP contribution in [0.25, 0.3) is 6.08 Å². The number of likely N-dealkylation sites (tertiary alicyclic amines) is 1. The number of anilines is 2. The Morgan fingerprint density at radius 2 is 1.50 bits per heavy atom. The van der Waals surface area contributed by atoms with Crippen molar-refractivity contribution in [1.82, 2.24) is 14.8 Å². The van der Waals surface area contributed by atoms with Crippen molar-refractivity contribution >= 4 is 23.4 Å². The second kappa shape index (κ2) is 13.4. The number of amides is 1. The number of aromatic nitrogens is 1. The maximum Gasteiger partial charge on any atom is 0.416 e. The molecule has 1 aromatic heterocycles. The summed E-state index contributed by atoms with van der Waals surface area (Å²) in [6.07, 6.45) is -2.30. The second-order valence-corrected chi connectivity index (χ2v) is 10.3. The molecule has 1 saturated heterocycles. The Balaban J connectivity index is 1.48. The first kappa shape index (κ1) is 31.1. The molecular formula is C31H32F6N4O. The number of hydrogen-bond donors (Lipinski definition) is 0. The summed E-state index contributed by atoms with van der Waals surface area (Å²) < 4.78 is 76.8. The molecule has 0 radical (unpaired) electrons. The Morgan fingerprint density at radius 3 is 2.07 bits per heavy atom. The van der Waals surface area contributed by atoms with Crippen molar-refractivity contribution in [2.45, 2.75) is 44.2 Å². The minimum atomic E-state index is -4.45. The first-order valence-electron chi connectivity index (χ1n) is 13.6. The van der Waals surface area contributed by atoms with Gasteiger partial charge in [0.25, 0.3) is 0 Å². The first-order chi connectivity index (χ1) is 19.9. The normalized spacial score (nSPS) is 15.2. The average molecular weight is 591 g/mol. The van der Waals surface area contributed by atoms with Crippen LogP contribution in [0.15, 0.2) is 79.1 Å². The van der Waals surface area contributed by atoms with E-state index < -0.39 is 24.3 Å². The molecule has 42 heavy (non-hydrogen) atoms. The number of halogens is 6. The minimum absolute atomic E-state index is 0.0789. The Hall–Kier alpha value is -3.86. The number of benzene rings is 2. The number of hydrogen-bond acceptors (Lipinski definition) is 4. The fourth-order valence-electron chi connectivity index (χ4n) is 4.91. The zero-order valence-corrected chi connectivity index (χ0v) is 23.1. The van der Waals surface area contributed by atoms with Gasteiger partial charge in [-0.05, 0) is 66.4 Å². The zero-order valence-electron chi connectivity index (χ0n) is 23.1. The van der Waals surface area contributed by atoms with Gasteiger partial charge in [0.2, 0.25) is 5.91 Å². The predicted molar refractivity (Wildman–Crippen MR) is 150 cm³/mol. The van der Waals surface area contributed by atoms with E-state index in [9.17, 15) is 31.1 Å². The molecule has 0 aliphatic carbocycles. The van der Waals surface area contributed by atoms with Crippen LogP contribution in [0.4, 0.5) is 37.7 Å². The third-order valence-corrected chi connectivity index (χ3v) is 7.38. The summed E-state index contributed by atoms with van der Waals surface area (Å²) in [6.45, 7) is 1.07. The Labute approximate surface area is 241 Å². The number of nitrogens with zero attached hydrogens (tertiary/aromatic N) is 4. The van der Waals surface area contributed by atoms with Gasteiger partial charge in [0, 0.05) is 69.1 Å². The number of carbonyl (C=O) groups is 1. The van der Waals surface area contributed by atoms with Crippen LogP contribution in [0.2, 0.25) is 0 Å². The van der Waals surface area contributed by atoms with E-state index in [-0.39, 0.29) is 25.0 Å². The lowest BCUT2D eigenvalue weighted by molar-refractivity contribution is -0.139. The fraction of sp³-hybridized carbons (Fsp3) is 0.355. The van der Waals surface area contributed by atoms with Crippen LogP contribution in [0.3, 0.4) is 0 Å². The lowest BCUT2D eigenvalue weighted by Crippen LogP contribution is -2.47. The van der Waals surface area contributed by atoms with Crippen molar-refractivity contribution in [3.05, 3.63) is 95.8 Å². The van der Waals surface area contributed by atoms with Crippen molar-refractivity contribution in [2.24, 2.45) is 0 Å². The molecular weight excluding hydrogens is 558 g/mol. The van der Waals surface area contributed by atoms with Crippen molar-refractivity contribution in [1.29, 1.82) is 0 Å². The maximum atomic E-state index is 13.4. The third kappa shape index (κ3) is 8.82. The number of rotatable bonds is 9. The van der Waals surface area contributed by atoms with Gasteiger partial charge in [-0.1, -0.05) is 24.3 Å². The van der Waals surface area contributed by atoms with Crippen LogP contribution < -0.4 is 4.90 Å². The fourth-order valence-corrected chi connectivity index (χ4v) is 4.91. The van der Waals surface area contributed by atoms with E-state index in [2.05, 4.69) is 4.98 Å². The molecule has 0 unspecified atom stereocenters. The van der Waals surface area contributed by atoms with Crippen LogP contribution in [0.5, 0.6) is 0 Å². The van der Waals surface area contributed by atoms with Gasteiger partial charge >= 0.3 is 12.4 Å². The Morgan fingerprint density at radius 1 is 0.905 bits per heavy atom. The first-order valence-corrected chi connectivity index (χ1v) is 13.6. The van der Waals surface area contributed by atoms with Gasteiger partial charge in [0.1, 0.15) is 0 Å². The molecule has 0 spiro atoms.